The van der Waals surface area contributed by atoms with Gasteiger partial charge in [0.2, 0.25) is 6.79 Å². The number of ether oxygens (including phenoxy) is 2. The Hall–Kier alpha value is -3.80. The lowest BCUT2D eigenvalue weighted by Crippen LogP contribution is -2.23. The molecule has 0 fully saturated rings. The van der Waals surface area contributed by atoms with Gasteiger partial charge < -0.3 is 20.1 Å². The van der Waals surface area contributed by atoms with E-state index in [1.165, 1.54) is 31.4 Å². The normalized spacial score (nSPS) is 12.5. The third-order valence-corrected chi connectivity index (χ3v) is 5.08. The van der Waals surface area contributed by atoms with Crippen molar-refractivity contribution in [1.82, 2.24) is 20.1 Å². The van der Waals surface area contributed by atoms with E-state index in [4.69, 9.17) is 21.1 Å². The van der Waals surface area contributed by atoms with E-state index >= 15 is 0 Å². The summed E-state index contributed by atoms with van der Waals surface area (Å²) in [6.07, 6.45) is -3.53. The van der Waals surface area contributed by atoms with Crippen molar-refractivity contribution in [2.24, 2.45) is 0 Å². The smallest absolute Gasteiger partial charge is 0.435 e. The third-order valence-electron chi connectivity index (χ3n) is 4.78. The fourth-order valence-electron chi connectivity index (χ4n) is 3.24. The number of hydrogen-bond acceptors (Lipinski definition) is 6. The van der Waals surface area contributed by atoms with Crippen LogP contribution in [0, 0.1) is 6.92 Å². The molecule has 3 heterocycles. The second-order valence-electron chi connectivity index (χ2n) is 6.82. The molecule has 0 unspecified atom stereocenters. The quantitative estimate of drug-likeness (QED) is 0.590. The van der Waals surface area contributed by atoms with Crippen LogP contribution in [0.2, 0.25) is 5.02 Å². The van der Waals surface area contributed by atoms with Crippen molar-refractivity contribution in [2.45, 2.75) is 13.1 Å². The monoisotopic (exact) mass is 481 g/mol. The number of amides is 2. The van der Waals surface area contributed by atoms with Crippen molar-refractivity contribution in [1.29, 1.82) is 0 Å². The summed E-state index contributed by atoms with van der Waals surface area (Å²) < 4.78 is 51.5. The van der Waals surface area contributed by atoms with E-state index in [1.54, 1.807) is 6.92 Å². The van der Waals surface area contributed by atoms with Crippen LogP contribution in [0.5, 0.6) is 11.5 Å². The summed E-state index contributed by atoms with van der Waals surface area (Å²) in [5.74, 6) is -1.10. The van der Waals surface area contributed by atoms with Crippen molar-refractivity contribution in [3.63, 3.8) is 0 Å². The van der Waals surface area contributed by atoms with Crippen molar-refractivity contribution < 1.29 is 32.2 Å². The molecule has 1 aliphatic rings. The number of nitrogens with zero attached hydrogens (tertiary/aromatic N) is 3. The van der Waals surface area contributed by atoms with Gasteiger partial charge in [0, 0.05) is 24.9 Å². The van der Waals surface area contributed by atoms with Gasteiger partial charge in [0.15, 0.2) is 23.0 Å². The van der Waals surface area contributed by atoms with Crippen molar-refractivity contribution in [3.05, 3.63) is 58.0 Å². The molecule has 2 amide bonds. The average molecular weight is 482 g/mol. The lowest BCUT2D eigenvalue weighted by molar-refractivity contribution is -0.141. The van der Waals surface area contributed by atoms with E-state index in [9.17, 15) is 22.8 Å². The van der Waals surface area contributed by atoms with E-state index < -0.39 is 29.4 Å². The summed E-state index contributed by atoms with van der Waals surface area (Å²) in [5.41, 5.74) is -1.39. The first kappa shape index (κ1) is 22.4. The fraction of sp³-hybridized carbons (Fsp3) is 0.200. The molecule has 33 heavy (non-hydrogen) atoms. The van der Waals surface area contributed by atoms with Crippen LogP contribution in [-0.4, -0.2) is 40.4 Å². The number of nitrogens with one attached hydrogen (secondary N) is 2. The number of carbonyl (C=O) groups is 2. The van der Waals surface area contributed by atoms with Crippen molar-refractivity contribution in [2.75, 3.05) is 19.2 Å². The number of benzene rings is 1. The summed E-state index contributed by atoms with van der Waals surface area (Å²) in [7, 11) is 1.39. The Bertz CT molecular complexity index is 1280. The molecule has 0 spiro atoms. The number of anilines is 1. The largest absolute Gasteiger partial charge is 0.454 e. The number of aromatic nitrogens is 3. The molecule has 3 aromatic rings. The molecule has 2 N–H and O–H groups in total. The van der Waals surface area contributed by atoms with E-state index in [0.717, 1.165) is 0 Å². The highest BCUT2D eigenvalue weighted by molar-refractivity contribution is 6.32. The lowest BCUT2D eigenvalue weighted by Gasteiger charge is -2.15. The number of halogens is 4. The molecular weight excluding hydrogens is 467 g/mol. The van der Waals surface area contributed by atoms with Gasteiger partial charge in [-0.1, -0.05) is 11.6 Å². The number of rotatable bonds is 4. The Kier molecular flexibility index (Phi) is 5.62. The standard InChI is InChI=1S/C20H15ClF3N5O4/c1-9-15(10(18(30)25-2)6-13-16(9)33-8-32-13)27-19(31)12-7-14(20(22,23)24)28-29(12)17-11(21)4-3-5-26-17/h3-7H,8H2,1-2H3,(H,25,30)(H,27,31). The zero-order chi connectivity index (χ0) is 23.9. The predicted molar refractivity (Wildman–Crippen MR) is 110 cm³/mol. The van der Waals surface area contributed by atoms with Crippen molar-refractivity contribution >= 4 is 29.1 Å². The summed E-state index contributed by atoms with van der Waals surface area (Å²) >= 11 is 6.07. The maximum Gasteiger partial charge on any atom is 0.435 e. The second kappa shape index (κ2) is 8.28. The maximum atomic E-state index is 13.4. The van der Waals surface area contributed by atoms with Gasteiger partial charge >= 0.3 is 6.18 Å². The number of hydrogen-bond donors (Lipinski definition) is 2. The zero-order valence-corrected chi connectivity index (χ0v) is 17.8. The van der Waals surface area contributed by atoms with Gasteiger partial charge in [-0.15, -0.1) is 0 Å². The van der Waals surface area contributed by atoms with Crippen LogP contribution in [0.25, 0.3) is 5.82 Å². The molecule has 1 aliphatic heterocycles. The highest BCUT2D eigenvalue weighted by Gasteiger charge is 2.37. The Morgan fingerprint density at radius 1 is 1.21 bits per heavy atom. The van der Waals surface area contributed by atoms with Crippen LogP contribution in [0.4, 0.5) is 18.9 Å². The first-order valence-electron chi connectivity index (χ1n) is 9.36. The van der Waals surface area contributed by atoms with Gasteiger partial charge in [-0.2, -0.15) is 18.3 Å². The van der Waals surface area contributed by atoms with E-state index in [0.29, 0.717) is 27.8 Å². The first-order chi connectivity index (χ1) is 15.6. The second-order valence-corrected chi connectivity index (χ2v) is 7.23. The van der Waals surface area contributed by atoms with E-state index in [1.807, 2.05) is 0 Å². The lowest BCUT2D eigenvalue weighted by atomic mass is 10.0. The zero-order valence-electron chi connectivity index (χ0n) is 17.1. The molecular formula is C20H15ClF3N5O4. The van der Waals surface area contributed by atoms with Crippen LogP contribution in [0.15, 0.2) is 30.5 Å². The molecule has 0 saturated heterocycles. The Morgan fingerprint density at radius 2 is 1.97 bits per heavy atom. The maximum absolute atomic E-state index is 13.4. The van der Waals surface area contributed by atoms with Gasteiger partial charge in [-0.05, 0) is 25.1 Å². The van der Waals surface area contributed by atoms with Crippen LogP contribution in [0.1, 0.15) is 32.1 Å². The first-order valence-corrected chi connectivity index (χ1v) is 9.74. The Morgan fingerprint density at radius 3 is 2.64 bits per heavy atom. The van der Waals surface area contributed by atoms with Crippen LogP contribution in [0.3, 0.4) is 0 Å². The van der Waals surface area contributed by atoms with Crippen LogP contribution >= 0.6 is 11.6 Å². The molecule has 1 aromatic carbocycles. The van der Waals surface area contributed by atoms with E-state index in [-0.39, 0.29) is 28.9 Å². The Balaban J connectivity index is 1.83. The third kappa shape index (κ3) is 4.04. The van der Waals surface area contributed by atoms with Gasteiger partial charge in [0.05, 0.1) is 16.3 Å². The Labute approximate surface area is 189 Å². The van der Waals surface area contributed by atoms with Crippen LogP contribution in [-0.2, 0) is 6.18 Å². The van der Waals surface area contributed by atoms with Crippen LogP contribution < -0.4 is 20.1 Å². The highest BCUT2D eigenvalue weighted by Crippen LogP contribution is 2.42. The number of carbonyl (C=O) groups excluding carboxylic acids is 2. The van der Waals surface area contributed by atoms with E-state index in [2.05, 4.69) is 20.7 Å². The van der Waals surface area contributed by atoms with Gasteiger partial charge in [-0.3, -0.25) is 9.59 Å². The molecule has 4 rings (SSSR count). The summed E-state index contributed by atoms with van der Waals surface area (Å²) in [5, 5.41) is 8.41. The molecule has 0 saturated carbocycles. The van der Waals surface area contributed by atoms with Gasteiger partial charge in [0.1, 0.15) is 5.69 Å². The number of fused-ring (bicyclic) bond motifs is 1. The summed E-state index contributed by atoms with van der Waals surface area (Å²) in [6, 6.07) is 4.82. The molecule has 2 aromatic heterocycles. The predicted octanol–water partition coefficient (Wildman–Crippen LogP) is 3.59. The topological polar surface area (TPSA) is 107 Å². The average Bonchev–Trinajstić information content (AvgIpc) is 3.42. The van der Waals surface area contributed by atoms with Gasteiger partial charge in [0.25, 0.3) is 11.8 Å². The SMILES string of the molecule is CNC(=O)c1cc2c(c(C)c1NC(=O)c1cc(C(F)(F)F)nn1-c1ncccc1Cl)OCO2. The molecule has 0 atom stereocenters. The minimum atomic E-state index is -4.83. The van der Waals surface area contributed by atoms with Crippen molar-refractivity contribution in [3.8, 4) is 17.3 Å². The molecule has 0 bridgehead atoms. The molecule has 0 aliphatic carbocycles. The summed E-state index contributed by atoms with van der Waals surface area (Å²) in [4.78, 5) is 29.5. The fourth-order valence-corrected chi connectivity index (χ4v) is 3.44. The molecule has 0 radical (unpaired) electrons. The minimum absolute atomic E-state index is 0.0197. The molecule has 9 nitrogen and oxygen atoms in total. The van der Waals surface area contributed by atoms with Gasteiger partial charge in [-0.25, -0.2) is 9.67 Å². The highest BCUT2D eigenvalue weighted by atomic mass is 35.5. The molecule has 172 valence electrons. The molecule has 13 heteroatoms. The minimum Gasteiger partial charge on any atom is -0.454 e. The number of pyridine rings is 1. The number of alkyl halides is 3. The summed E-state index contributed by atoms with van der Waals surface area (Å²) in [6.45, 7) is 1.49.